The van der Waals surface area contributed by atoms with Crippen molar-refractivity contribution >= 4 is 18.1 Å². The molecule has 2 rings (SSSR count). The summed E-state index contributed by atoms with van der Waals surface area (Å²) in [4.78, 5) is 11.1. The monoisotopic (exact) mass is 273 g/mol. The number of carboxylic acids is 1. The predicted octanol–water partition coefficient (Wildman–Crippen LogP) is 2.47. The Balaban J connectivity index is 2.35. The normalized spacial score (nSPS) is 10.8. The van der Waals surface area contributed by atoms with E-state index in [0.29, 0.717) is 12.2 Å². The highest BCUT2D eigenvalue weighted by molar-refractivity contribution is 5.90. The molecule has 1 aromatic carbocycles. The number of halogens is 1. The molecule has 0 spiro atoms. The van der Waals surface area contributed by atoms with Gasteiger partial charge in [-0.05, 0) is 23.8 Å². The van der Waals surface area contributed by atoms with E-state index in [1.54, 1.807) is 30.4 Å². The zero-order valence-corrected chi connectivity index (χ0v) is 10.5. The third kappa shape index (κ3) is 2.97. The first-order valence-electron chi connectivity index (χ1n) is 5.83. The van der Waals surface area contributed by atoms with E-state index in [9.17, 15) is 9.18 Å². The van der Waals surface area contributed by atoms with Crippen molar-refractivity contribution in [2.45, 2.75) is 6.54 Å². The summed E-state index contributed by atoms with van der Waals surface area (Å²) in [6.07, 6.45) is 4.85. The van der Waals surface area contributed by atoms with Crippen molar-refractivity contribution in [3.63, 3.8) is 0 Å². The molecule has 0 saturated carbocycles. The zero-order valence-electron chi connectivity index (χ0n) is 10.5. The van der Waals surface area contributed by atoms with Crippen molar-refractivity contribution in [3.8, 4) is 0 Å². The molecule has 0 atom stereocenters. The molecule has 0 unspecified atom stereocenters. The molecule has 0 bridgehead atoms. The summed E-state index contributed by atoms with van der Waals surface area (Å²) in [6, 6.07) is 5.84. The maximum atomic E-state index is 12.8. The van der Waals surface area contributed by atoms with Gasteiger partial charge in [-0.3, -0.25) is 0 Å². The van der Waals surface area contributed by atoms with Crippen molar-refractivity contribution < 1.29 is 14.3 Å². The highest BCUT2D eigenvalue weighted by Gasteiger charge is 2.15. The fourth-order valence-electron chi connectivity index (χ4n) is 1.64. The second-order valence-corrected chi connectivity index (χ2v) is 3.98. The summed E-state index contributed by atoms with van der Waals surface area (Å²) in [5.74, 6) is -1.48. The third-order valence-electron chi connectivity index (χ3n) is 2.58. The Morgan fingerprint density at radius 2 is 2.05 bits per heavy atom. The van der Waals surface area contributed by atoms with Crippen LogP contribution in [0.25, 0.3) is 12.2 Å². The minimum Gasteiger partial charge on any atom is -0.476 e. The molecular weight excluding hydrogens is 261 g/mol. The van der Waals surface area contributed by atoms with Crippen LogP contribution < -0.4 is 0 Å². The molecule has 20 heavy (non-hydrogen) atoms. The lowest BCUT2D eigenvalue weighted by molar-refractivity contribution is 0.0690. The largest absolute Gasteiger partial charge is 0.476 e. The Bertz CT molecular complexity index is 660. The minimum absolute atomic E-state index is 0.134. The molecule has 0 aliphatic carbocycles. The van der Waals surface area contributed by atoms with Crippen molar-refractivity contribution in [1.82, 2.24) is 15.0 Å². The summed E-state index contributed by atoms with van der Waals surface area (Å²) in [7, 11) is 0. The van der Waals surface area contributed by atoms with Gasteiger partial charge in [0.25, 0.3) is 0 Å². The molecule has 1 heterocycles. The first-order chi connectivity index (χ1) is 9.61. The smallest absolute Gasteiger partial charge is 0.358 e. The van der Waals surface area contributed by atoms with Gasteiger partial charge in [-0.2, -0.15) is 0 Å². The molecular formula is C14H12FN3O2. The topological polar surface area (TPSA) is 68.0 Å². The minimum atomic E-state index is -1.15. The summed E-state index contributed by atoms with van der Waals surface area (Å²) < 4.78 is 14.2. The Labute approximate surface area is 114 Å². The number of benzene rings is 1. The summed E-state index contributed by atoms with van der Waals surface area (Å²) in [6.45, 7) is 3.93. The Kier molecular flexibility index (Phi) is 4.05. The van der Waals surface area contributed by atoms with Gasteiger partial charge in [-0.15, -0.1) is 11.7 Å². The maximum absolute atomic E-state index is 12.8. The van der Waals surface area contributed by atoms with Gasteiger partial charge in [0.1, 0.15) is 5.82 Å². The van der Waals surface area contributed by atoms with E-state index in [1.165, 1.54) is 16.8 Å². The molecule has 1 N–H and O–H groups in total. The SMILES string of the molecule is C=CCn1nnc(C(=O)O)c1/C=C/c1ccc(F)cc1. The van der Waals surface area contributed by atoms with E-state index in [-0.39, 0.29) is 11.5 Å². The van der Waals surface area contributed by atoms with Gasteiger partial charge in [0.2, 0.25) is 0 Å². The second-order valence-electron chi connectivity index (χ2n) is 3.98. The molecule has 0 saturated heterocycles. The number of carboxylic acid groups (broad SMARTS) is 1. The van der Waals surface area contributed by atoms with Gasteiger partial charge in [0, 0.05) is 0 Å². The van der Waals surface area contributed by atoms with E-state index in [4.69, 9.17) is 5.11 Å². The quantitative estimate of drug-likeness (QED) is 0.850. The predicted molar refractivity (Wildman–Crippen MR) is 72.5 cm³/mol. The molecule has 0 aliphatic heterocycles. The molecule has 2 aromatic rings. The standard InChI is InChI=1S/C14H12FN3O2/c1-2-9-18-12(13(14(19)20)16-17-18)8-5-10-3-6-11(15)7-4-10/h2-8H,1,9H2,(H,19,20)/b8-5+. The molecule has 1 aromatic heterocycles. The van der Waals surface area contributed by atoms with Gasteiger partial charge < -0.3 is 5.11 Å². The van der Waals surface area contributed by atoms with Gasteiger partial charge in [-0.1, -0.05) is 29.5 Å². The lowest BCUT2D eigenvalue weighted by atomic mass is 10.2. The van der Waals surface area contributed by atoms with E-state index < -0.39 is 5.97 Å². The summed E-state index contributed by atoms with van der Waals surface area (Å²) >= 11 is 0. The van der Waals surface area contributed by atoms with Gasteiger partial charge in [-0.25, -0.2) is 13.9 Å². The van der Waals surface area contributed by atoms with Crippen molar-refractivity contribution in [1.29, 1.82) is 0 Å². The number of aromatic nitrogens is 3. The van der Waals surface area contributed by atoms with Crippen LogP contribution in [0.5, 0.6) is 0 Å². The number of hydrogen-bond acceptors (Lipinski definition) is 3. The number of aromatic carboxylic acids is 1. The molecule has 0 aliphatic rings. The van der Waals surface area contributed by atoms with E-state index in [0.717, 1.165) is 5.56 Å². The average molecular weight is 273 g/mol. The molecule has 6 heteroatoms. The lowest BCUT2D eigenvalue weighted by Crippen LogP contribution is -2.03. The Morgan fingerprint density at radius 3 is 2.65 bits per heavy atom. The van der Waals surface area contributed by atoms with Gasteiger partial charge in [0.05, 0.1) is 12.2 Å². The van der Waals surface area contributed by atoms with Crippen molar-refractivity contribution in [2.75, 3.05) is 0 Å². The van der Waals surface area contributed by atoms with Crippen molar-refractivity contribution in [3.05, 3.63) is 59.7 Å². The summed E-state index contributed by atoms with van der Waals surface area (Å²) in [5.41, 5.74) is 0.973. The third-order valence-corrected chi connectivity index (χ3v) is 2.58. The van der Waals surface area contributed by atoms with Crippen LogP contribution in [0.2, 0.25) is 0 Å². The van der Waals surface area contributed by atoms with Crippen LogP contribution in [0.15, 0.2) is 36.9 Å². The van der Waals surface area contributed by atoms with Crippen LogP contribution in [0.1, 0.15) is 21.7 Å². The van der Waals surface area contributed by atoms with Crippen LogP contribution in [-0.2, 0) is 6.54 Å². The first kappa shape index (κ1) is 13.7. The number of rotatable bonds is 5. The first-order valence-corrected chi connectivity index (χ1v) is 5.83. The fourth-order valence-corrected chi connectivity index (χ4v) is 1.64. The number of nitrogens with zero attached hydrogens (tertiary/aromatic N) is 3. The maximum Gasteiger partial charge on any atom is 0.358 e. The Morgan fingerprint density at radius 1 is 1.35 bits per heavy atom. The lowest BCUT2D eigenvalue weighted by Gasteiger charge is -1.99. The molecule has 0 radical (unpaired) electrons. The van der Waals surface area contributed by atoms with E-state index in [2.05, 4.69) is 16.9 Å². The highest BCUT2D eigenvalue weighted by Crippen LogP contribution is 2.12. The van der Waals surface area contributed by atoms with Crippen LogP contribution >= 0.6 is 0 Å². The second kappa shape index (κ2) is 5.92. The number of hydrogen-bond donors (Lipinski definition) is 1. The molecule has 5 nitrogen and oxygen atoms in total. The van der Waals surface area contributed by atoms with Crippen LogP contribution in [0, 0.1) is 5.82 Å². The highest BCUT2D eigenvalue weighted by atomic mass is 19.1. The number of allylic oxidation sites excluding steroid dienone is 1. The van der Waals surface area contributed by atoms with Gasteiger partial charge in [0.15, 0.2) is 5.69 Å². The van der Waals surface area contributed by atoms with Crippen molar-refractivity contribution in [2.24, 2.45) is 0 Å². The van der Waals surface area contributed by atoms with Crippen LogP contribution in [-0.4, -0.2) is 26.1 Å². The Hall–Kier alpha value is -2.76. The average Bonchev–Trinajstić information content (AvgIpc) is 2.82. The summed E-state index contributed by atoms with van der Waals surface area (Å²) in [5, 5.41) is 16.4. The number of carbonyl (C=O) groups is 1. The van der Waals surface area contributed by atoms with Gasteiger partial charge >= 0.3 is 5.97 Å². The van der Waals surface area contributed by atoms with Crippen LogP contribution in [0.3, 0.4) is 0 Å². The van der Waals surface area contributed by atoms with E-state index in [1.807, 2.05) is 0 Å². The zero-order chi connectivity index (χ0) is 14.5. The molecule has 102 valence electrons. The molecule has 0 amide bonds. The van der Waals surface area contributed by atoms with Crippen LogP contribution in [0.4, 0.5) is 4.39 Å². The molecule has 0 fully saturated rings. The van der Waals surface area contributed by atoms with E-state index >= 15 is 0 Å². The fraction of sp³-hybridized carbons (Fsp3) is 0.0714.